The summed E-state index contributed by atoms with van der Waals surface area (Å²) < 4.78 is 0. The normalized spacial score (nSPS) is 15.8. The molecule has 0 amide bonds. The van der Waals surface area contributed by atoms with Crippen molar-refractivity contribution in [2.45, 2.75) is 44.6 Å². The molecule has 1 aliphatic carbocycles. The van der Waals surface area contributed by atoms with Gasteiger partial charge < -0.3 is 0 Å². The third kappa shape index (κ3) is 2.55. The number of fused-ring (bicyclic) bond motifs is 3. The van der Waals surface area contributed by atoms with E-state index in [1.807, 2.05) is 25.2 Å². The van der Waals surface area contributed by atoms with Gasteiger partial charge in [0, 0.05) is 16.0 Å². The topological polar surface area (TPSA) is 49.6 Å². The van der Waals surface area contributed by atoms with Gasteiger partial charge in [-0.2, -0.15) is 5.26 Å². The molecule has 0 radical (unpaired) electrons. The van der Waals surface area contributed by atoms with Crippen LogP contribution >= 0.6 is 23.1 Å². The standard InChI is InChI=1S/C15H17N3S2/c1-9(7-16)8-19-14-13-11-5-3-4-6-12(11)20-15(13)18-10(2)17-14/h9H,3-6,8H2,1-2H3/t9-/m1/s1. The Hall–Kier alpha value is -1.12. The van der Waals surface area contributed by atoms with Gasteiger partial charge in [-0.3, -0.25) is 0 Å². The van der Waals surface area contributed by atoms with Crippen LogP contribution in [0.1, 0.15) is 36.0 Å². The van der Waals surface area contributed by atoms with Gasteiger partial charge in [0.15, 0.2) is 0 Å². The molecule has 104 valence electrons. The van der Waals surface area contributed by atoms with Crippen molar-refractivity contribution < 1.29 is 0 Å². The Morgan fingerprint density at radius 1 is 1.35 bits per heavy atom. The number of hydrogen-bond acceptors (Lipinski definition) is 5. The summed E-state index contributed by atoms with van der Waals surface area (Å²) >= 11 is 3.55. The first-order chi connectivity index (χ1) is 9.69. The van der Waals surface area contributed by atoms with Gasteiger partial charge in [-0.1, -0.05) is 0 Å². The molecule has 1 aliphatic rings. The molecule has 0 unspecified atom stereocenters. The van der Waals surface area contributed by atoms with Crippen LogP contribution in [-0.2, 0) is 12.8 Å². The first-order valence-corrected chi connectivity index (χ1v) is 8.80. The third-order valence-corrected chi connectivity index (χ3v) is 6.00. The lowest BCUT2D eigenvalue weighted by molar-refractivity contribution is 0.699. The average molecular weight is 303 g/mol. The van der Waals surface area contributed by atoms with Crippen molar-refractivity contribution in [1.82, 2.24) is 9.97 Å². The predicted molar refractivity (Wildman–Crippen MR) is 84.3 cm³/mol. The van der Waals surface area contributed by atoms with Crippen LogP contribution in [0.25, 0.3) is 10.2 Å². The van der Waals surface area contributed by atoms with E-state index < -0.39 is 0 Å². The van der Waals surface area contributed by atoms with Crippen molar-refractivity contribution in [1.29, 1.82) is 5.26 Å². The number of rotatable bonds is 3. The summed E-state index contributed by atoms with van der Waals surface area (Å²) in [7, 11) is 0. The SMILES string of the molecule is Cc1nc(SC[C@H](C)C#N)c2c3c(sc2n1)CCCC3. The van der Waals surface area contributed by atoms with Crippen LogP contribution < -0.4 is 0 Å². The minimum atomic E-state index is 0.0554. The molecule has 2 heterocycles. The van der Waals surface area contributed by atoms with E-state index in [1.54, 1.807) is 11.8 Å². The van der Waals surface area contributed by atoms with Gasteiger partial charge in [0.1, 0.15) is 15.7 Å². The Balaban J connectivity index is 2.05. The predicted octanol–water partition coefficient (Wildman–Crippen LogP) is 4.13. The number of hydrogen-bond donors (Lipinski definition) is 0. The highest BCUT2D eigenvalue weighted by molar-refractivity contribution is 7.99. The van der Waals surface area contributed by atoms with E-state index >= 15 is 0 Å². The zero-order valence-electron chi connectivity index (χ0n) is 11.8. The number of nitrogens with zero attached hydrogens (tertiary/aromatic N) is 3. The summed E-state index contributed by atoms with van der Waals surface area (Å²) in [5.74, 6) is 1.69. The summed E-state index contributed by atoms with van der Waals surface area (Å²) in [6.07, 6.45) is 4.91. The van der Waals surface area contributed by atoms with Crippen LogP contribution in [0, 0.1) is 24.2 Å². The Morgan fingerprint density at radius 3 is 2.95 bits per heavy atom. The Kier molecular flexibility index (Phi) is 3.95. The van der Waals surface area contributed by atoms with Gasteiger partial charge in [0.05, 0.1) is 12.0 Å². The molecule has 0 spiro atoms. The number of aryl methyl sites for hydroxylation is 3. The summed E-state index contributed by atoms with van der Waals surface area (Å²) in [5.41, 5.74) is 1.48. The molecule has 0 saturated carbocycles. The van der Waals surface area contributed by atoms with Gasteiger partial charge in [-0.05, 0) is 45.1 Å². The van der Waals surface area contributed by atoms with Crippen molar-refractivity contribution in [3.8, 4) is 6.07 Å². The second-order valence-corrected chi connectivity index (χ2v) is 7.40. The maximum absolute atomic E-state index is 8.94. The second kappa shape index (κ2) is 5.71. The fourth-order valence-corrected chi connectivity index (χ4v) is 4.99. The number of thiophene rings is 1. The first kappa shape index (κ1) is 13.8. The van der Waals surface area contributed by atoms with E-state index in [0.717, 1.165) is 27.9 Å². The highest BCUT2D eigenvalue weighted by Crippen LogP contribution is 2.39. The van der Waals surface area contributed by atoms with Crippen LogP contribution in [-0.4, -0.2) is 15.7 Å². The number of nitriles is 1. The molecule has 2 aromatic heterocycles. The smallest absolute Gasteiger partial charge is 0.128 e. The monoisotopic (exact) mass is 303 g/mol. The second-order valence-electron chi connectivity index (χ2n) is 5.31. The highest BCUT2D eigenvalue weighted by Gasteiger charge is 2.21. The van der Waals surface area contributed by atoms with E-state index in [9.17, 15) is 0 Å². The highest BCUT2D eigenvalue weighted by atomic mass is 32.2. The minimum Gasteiger partial charge on any atom is -0.226 e. The van der Waals surface area contributed by atoms with E-state index in [2.05, 4.69) is 16.0 Å². The van der Waals surface area contributed by atoms with Crippen LogP contribution in [0.4, 0.5) is 0 Å². The lowest BCUT2D eigenvalue weighted by Crippen LogP contribution is -2.00. The molecule has 1 atom stereocenters. The molecule has 2 aromatic rings. The van der Waals surface area contributed by atoms with E-state index in [4.69, 9.17) is 5.26 Å². The van der Waals surface area contributed by atoms with Crippen molar-refractivity contribution >= 4 is 33.3 Å². The zero-order valence-corrected chi connectivity index (χ0v) is 13.4. The van der Waals surface area contributed by atoms with Crippen LogP contribution in [0.3, 0.4) is 0 Å². The summed E-state index contributed by atoms with van der Waals surface area (Å²) in [6.45, 7) is 3.91. The molecule has 0 aliphatic heterocycles. The lowest BCUT2D eigenvalue weighted by atomic mass is 9.97. The maximum Gasteiger partial charge on any atom is 0.128 e. The molecule has 3 rings (SSSR count). The van der Waals surface area contributed by atoms with Gasteiger partial charge >= 0.3 is 0 Å². The zero-order chi connectivity index (χ0) is 14.1. The molecular formula is C15H17N3S2. The molecular weight excluding hydrogens is 286 g/mol. The Labute approximate surface area is 127 Å². The Morgan fingerprint density at radius 2 is 2.15 bits per heavy atom. The molecule has 0 N–H and O–H groups in total. The van der Waals surface area contributed by atoms with Gasteiger partial charge in [-0.25, -0.2) is 9.97 Å². The van der Waals surface area contributed by atoms with Gasteiger partial charge in [0.2, 0.25) is 0 Å². The average Bonchev–Trinajstić information content (AvgIpc) is 2.82. The molecule has 5 heteroatoms. The number of aromatic nitrogens is 2. The van der Waals surface area contributed by atoms with Gasteiger partial charge in [-0.15, -0.1) is 23.1 Å². The molecule has 20 heavy (non-hydrogen) atoms. The summed E-state index contributed by atoms with van der Waals surface area (Å²) in [6, 6.07) is 2.29. The summed E-state index contributed by atoms with van der Waals surface area (Å²) in [5, 5.41) is 11.3. The first-order valence-electron chi connectivity index (χ1n) is 7.00. The quantitative estimate of drug-likeness (QED) is 0.632. The Bertz CT molecular complexity index is 684. The van der Waals surface area contributed by atoms with Crippen molar-refractivity contribution in [3.63, 3.8) is 0 Å². The maximum atomic E-state index is 8.94. The van der Waals surface area contributed by atoms with E-state index in [1.165, 1.54) is 35.1 Å². The lowest BCUT2D eigenvalue weighted by Gasteiger charge is -2.12. The van der Waals surface area contributed by atoms with Crippen LogP contribution in [0.15, 0.2) is 5.03 Å². The van der Waals surface area contributed by atoms with Crippen LogP contribution in [0.5, 0.6) is 0 Å². The molecule has 3 nitrogen and oxygen atoms in total. The van der Waals surface area contributed by atoms with E-state index in [-0.39, 0.29) is 5.92 Å². The number of thioether (sulfide) groups is 1. The van der Waals surface area contributed by atoms with E-state index in [0.29, 0.717) is 0 Å². The van der Waals surface area contributed by atoms with Crippen molar-refractivity contribution in [2.24, 2.45) is 5.92 Å². The van der Waals surface area contributed by atoms with Crippen molar-refractivity contribution in [2.75, 3.05) is 5.75 Å². The third-order valence-electron chi connectivity index (χ3n) is 3.58. The van der Waals surface area contributed by atoms with Crippen LogP contribution in [0.2, 0.25) is 0 Å². The fourth-order valence-electron chi connectivity index (χ4n) is 2.57. The van der Waals surface area contributed by atoms with Gasteiger partial charge in [0.25, 0.3) is 0 Å². The molecule has 0 aromatic carbocycles. The minimum absolute atomic E-state index is 0.0554. The fraction of sp³-hybridized carbons (Fsp3) is 0.533. The largest absolute Gasteiger partial charge is 0.226 e. The molecule has 0 saturated heterocycles. The van der Waals surface area contributed by atoms with Crippen molar-refractivity contribution in [3.05, 3.63) is 16.3 Å². The summed E-state index contributed by atoms with van der Waals surface area (Å²) in [4.78, 5) is 11.9. The molecule has 0 fully saturated rings. The molecule has 0 bridgehead atoms.